The monoisotopic (exact) mass is 259 g/mol. The molecule has 0 saturated heterocycles. The van der Waals surface area contributed by atoms with Gasteiger partial charge in [-0.3, -0.25) is 14.5 Å². The maximum atomic E-state index is 12.0. The fourth-order valence-corrected chi connectivity index (χ4v) is 1.73. The van der Waals surface area contributed by atoms with Gasteiger partial charge in [-0.15, -0.1) is 0 Å². The van der Waals surface area contributed by atoms with Crippen LogP contribution in [0, 0.1) is 6.92 Å². The second kappa shape index (κ2) is 5.62. The Morgan fingerprint density at radius 2 is 2.32 bits per heavy atom. The minimum Gasteiger partial charge on any atom is -0.348 e. The molecule has 0 fully saturated rings. The molecule has 2 aromatic heterocycles. The van der Waals surface area contributed by atoms with E-state index < -0.39 is 0 Å². The molecule has 0 radical (unpaired) electrons. The van der Waals surface area contributed by atoms with Crippen LogP contribution in [0.15, 0.2) is 24.5 Å². The van der Waals surface area contributed by atoms with Gasteiger partial charge in [0.25, 0.3) is 5.91 Å². The zero-order valence-electron chi connectivity index (χ0n) is 11.1. The van der Waals surface area contributed by atoms with Gasteiger partial charge in [-0.2, -0.15) is 5.10 Å². The van der Waals surface area contributed by atoms with Crippen LogP contribution in [0.25, 0.3) is 0 Å². The van der Waals surface area contributed by atoms with Crippen molar-refractivity contribution < 1.29 is 4.79 Å². The minimum absolute atomic E-state index is 0.139. The van der Waals surface area contributed by atoms with Gasteiger partial charge in [-0.25, -0.2) is 0 Å². The topological polar surface area (TPSA) is 85.8 Å². The molecule has 2 heterocycles. The number of nitrogens with zero attached hydrogens (tertiary/aromatic N) is 3. The van der Waals surface area contributed by atoms with Gasteiger partial charge in [0.15, 0.2) is 0 Å². The van der Waals surface area contributed by atoms with Crippen LogP contribution in [0.3, 0.4) is 0 Å². The summed E-state index contributed by atoms with van der Waals surface area (Å²) in [5, 5.41) is 6.99. The maximum absolute atomic E-state index is 12.0. The number of nitrogens with two attached hydrogens (primary N) is 1. The van der Waals surface area contributed by atoms with E-state index in [1.54, 1.807) is 29.2 Å². The Balaban J connectivity index is 2.03. The number of pyridine rings is 1. The van der Waals surface area contributed by atoms with Gasteiger partial charge in [0, 0.05) is 43.2 Å². The average Bonchev–Trinajstić information content (AvgIpc) is 2.76. The summed E-state index contributed by atoms with van der Waals surface area (Å²) in [6.45, 7) is 2.75. The van der Waals surface area contributed by atoms with Crippen molar-refractivity contribution in [1.29, 1.82) is 0 Å². The first-order valence-electron chi connectivity index (χ1n) is 6.02. The van der Waals surface area contributed by atoms with Crippen LogP contribution in [-0.2, 0) is 20.1 Å². The van der Waals surface area contributed by atoms with Gasteiger partial charge in [-0.05, 0) is 19.1 Å². The fourth-order valence-electron chi connectivity index (χ4n) is 1.73. The third-order valence-electron chi connectivity index (χ3n) is 3.06. The highest BCUT2D eigenvalue weighted by Crippen LogP contribution is 2.06. The molecule has 100 valence electrons. The molecule has 0 atom stereocenters. The molecule has 6 heteroatoms. The lowest BCUT2D eigenvalue weighted by atomic mass is 10.2. The van der Waals surface area contributed by atoms with E-state index in [2.05, 4.69) is 15.4 Å². The second-order valence-corrected chi connectivity index (χ2v) is 4.30. The number of hydrogen-bond acceptors (Lipinski definition) is 4. The molecule has 2 rings (SSSR count). The van der Waals surface area contributed by atoms with Gasteiger partial charge in [0.2, 0.25) is 0 Å². The van der Waals surface area contributed by atoms with Crippen molar-refractivity contribution in [3.05, 3.63) is 47.0 Å². The van der Waals surface area contributed by atoms with Crippen molar-refractivity contribution in [3.8, 4) is 0 Å². The fraction of sp³-hybridized carbons (Fsp3) is 0.308. The van der Waals surface area contributed by atoms with Crippen molar-refractivity contribution in [1.82, 2.24) is 20.1 Å². The highest BCUT2D eigenvalue weighted by Gasteiger charge is 2.08. The van der Waals surface area contributed by atoms with Crippen LogP contribution >= 0.6 is 0 Å². The summed E-state index contributed by atoms with van der Waals surface area (Å²) in [6, 6.07) is 3.37. The van der Waals surface area contributed by atoms with Crippen LogP contribution in [0.5, 0.6) is 0 Å². The molecule has 1 amide bonds. The number of hydrogen-bond donors (Lipinski definition) is 2. The lowest BCUT2D eigenvalue weighted by molar-refractivity contribution is 0.0950. The molecule has 3 N–H and O–H groups in total. The van der Waals surface area contributed by atoms with E-state index in [9.17, 15) is 4.79 Å². The first-order valence-corrected chi connectivity index (χ1v) is 6.02. The van der Waals surface area contributed by atoms with Gasteiger partial charge in [0.1, 0.15) is 0 Å². The minimum atomic E-state index is -0.139. The van der Waals surface area contributed by atoms with Crippen molar-refractivity contribution in [3.63, 3.8) is 0 Å². The van der Waals surface area contributed by atoms with Crippen LogP contribution < -0.4 is 11.1 Å². The Morgan fingerprint density at radius 1 is 1.53 bits per heavy atom. The standard InChI is InChI=1S/C13H17N5O/c1-9-11(8-17-18(9)2)7-16-13(19)10-3-4-15-12(5-10)6-14/h3-5,8H,6-7,14H2,1-2H3,(H,16,19). The number of rotatable bonds is 4. The van der Waals surface area contributed by atoms with E-state index in [4.69, 9.17) is 5.73 Å². The van der Waals surface area contributed by atoms with E-state index in [1.807, 2.05) is 14.0 Å². The lowest BCUT2D eigenvalue weighted by Gasteiger charge is -2.06. The highest BCUT2D eigenvalue weighted by atomic mass is 16.1. The third-order valence-corrected chi connectivity index (χ3v) is 3.06. The van der Waals surface area contributed by atoms with Gasteiger partial charge in [0.05, 0.1) is 11.9 Å². The van der Waals surface area contributed by atoms with E-state index in [0.717, 1.165) is 11.3 Å². The molecule has 0 unspecified atom stereocenters. The number of carbonyl (C=O) groups is 1. The molecule has 0 bridgehead atoms. The molecule has 0 aliphatic carbocycles. The highest BCUT2D eigenvalue weighted by molar-refractivity contribution is 5.94. The molecule has 2 aromatic rings. The maximum Gasteiger partial charge on any atom is 0.251 e. The smallest absolute Gasteiger partial charge is 0.251 e. The summed E-state index contributed by atoms with van der Waals surface area (Å²) in [6.07, 6.45) is 3.35. The van der Waals surface area contributed by atoms with Crippen molar-refractivity contribution >= 4 is 5.91 Å². The van der Waals surface area contributed by atoms with Crippen LogP contribution in [-0.4, -0.2) is 20.7 Å². The van der Waals surface area contributed by atoms with E-state index in [1.165, 1.54) is 0 Å². The van der Waals surface area contributed by atoms with Gasteiger partial charge < -0.3 is 11.1 Å². The summed E-state index contributed by atoms with van der Waals surface area (Å²) < 4.78 is 1.78. The van der Waals surface area contributed by atoms with Crippen LogP contribution in [0.2, 0.25) is 0 Å². The average molecular weight is 259 g/mol. The molecular weight excluding hydrogens is 242 g/mol. The molecule has 19 heavy (non-hydrogen) atoms. The Labute approximate surface area is 111 Å². The summed E-state index contributed by atoms with van der Waals surface area (Å²) in [5.74, 6) is -0.139. The van der Waals surface area contributed by atoms with Crippen molar-refractivity contribution in [2.45, 2.75) is 20.0 Å². The first-order chi connectivity index (χ1) is 9.11. The van der Waals surface area contributed by atoms with Crippen molar-refractivity contribution in [2.24, 2.45) is 12.8 Å². The summed E-state index contributed by atoms with van der Waals surface area (Å²) in [4.78, 5) is 16.1. The van der Waals surface area contributed by atoms with Crippen molar-refractivity contribution in [2.75, 3.05) is 0 Å². The molecule has 0 aromatic carbocycles. The van der Waals surface area contributed by atoms with E-state index in [0.29, 0.717) is 24.3 Å². The normalized spacial score (nSPS) is 10.5. The predicted octanol–water partition coefficient (Wildman–Crippen LogP) is 0.512. The van der Waals surface area contributed by atoms with E-state index >= 15 is 0 Å². The zero-order valence-corrected chi connectivity index (χ0v) is 11.1. The number of carbonyl (C=O) groups excluding carboxylic acids is 1. The summed E-state index contributed by atoms with van der Waals surface area (Å²) in [5.41, 5.74) is 8.81. The lowest BCUT2D eigenvalue weighted by Crippen LogP contribution is -2.23. The Morgan fingerprint density at radius 3 is 2.95 bits per heavy atom. The number of aryl methyl sites for hydroxylation is 1. The quantitative estimate of drug-likeness (QED) is 0.837. The van der Waals surface area contributed by atoms with Crippen LogP contribution in [0.1, 0.15) is 27.3 Å². The summed E-state index contributed by atoms with van der Waals surface area (Å²) in [7, 11) is 1.87. The first kappa shape index (κ1) is 13.2. The SMILES string of the molecule is Cc1c(CNC(=O)c2ccnc(CN)c2)cnn1C. The molecule has 0 saturated carbocycles. The Hall–Kier alpha value is -2.21. The predicted molar refractivity (Wildman–Crippen MR) is 71.2 cm³/mol. The second-order valence-electron chi connectivity index (χ2n) is 4.30. The molecule has 0 aliphatic rings. The summed E-state index contributed by atoms with van der Waals surface area (Å²) >= 11 is 0. The van der Waals surface area contributed by atoms with Gasteiger partial charge in [-0.1, -0.05) is 0 Å². The largest absolute Gasteiger partial charge is 0.348 e. The number of nitrogens with one attached hydrogen (secondary N) is 1. The molecule has 6 nitrogen and oxygen atoms in total. The molecule has 0 spiro atoms. The van der Waals surface area contributed by atoms with E-state index in [-0.39, 0.29) is 5.91 Å². The zero-order chi connectivity index (χ0) is 13.8. The molecule has 0 aliphatic heterocycles. The molecular formula is C13H17N5O. The van der Waals surface area contributed by atoms with Gasteiger partial charge >= 0.3 is 0 Å². The third kappa shape index (κ3) is 2.97. The Kier molecular flexibility index (Phi) is 3.91. The number of aromatic nitrogens is 3. The van der Waals surface area contributed by atoms with Crippen LogP contribution in [0.4, 0.5) is 0 Å². The Bertz CT molecular complexity index is 590. The number of amides is 1.